The highest BCUT2D eigenvalue weighted by Gasteiger charge is 2.46. The van der Waals surface area contributed by atoms with Crippen LogP contribution in [0.15, 0.2) is 55.0 Å². The molecule has 1 fully saturated rings. The lowest BCUT2D eigenvalue weighted by atomic mass is 10.1. The molecule has 3 amide bonds. The molecule has 150 valence electrons. The van der Waals surface area contributed by atoms with E-state index in [0.29, 0.717) is 22.2 Å². The van der Waals surface area contributed by atoms with Crippen molar-refractivity contribution in [3.8, 4) is 5.75 Å². The molecule has 2 atom stereocenters. The fraction of sp³-hybridized carbons (Fsp3) is 0.143. The zero-order chi connectivity index (χ0) is 20.8. The van der Waals surface area contributed by atoms with Gasteiger partial charge in [0.15, 0.2) is 0 Å². The fourth-order valence-corrected chi connectivity index (χ4v) is 5.17. The van der Waals surface area contributed by atoms with Gasteiger partial charge in [-0.3, -0.25) is 9.78 Å². The molecule has 0 aliphatic carbocycles. The summed E-state index contributed by atoms with van der Waals surface area (Å²) in [6.07, 6.45) is 6.61. The molecule has 1 saturated heterocycles. The molecule has 2 unspecified atom stereocenters. The highest BCUT2D eigenvalue weighted by molar-refractivity contribution is 8.09. The van der Waals surface area contributed by atoms with Crippen molar-refractivity contribution in [1.29, 1.82) is 0 Å². The molecule has 0 radical (unpaired) electrons. The van der Waals surface area contributed by atoms with Gasteiger partial charge in [0.25, 0.3) is 5.91 Å². The highest BCUT2D eigenvalue weighted by atomic mass is 35.5. The first-order valence-electron chi connectivity index (χ1n) is 9.12. The van der Waals surface area contributed by atoms with E-state index in [4.69, 9.17) is 16.3 Å². The number of imide groups is 1. The van der Waals surface area contributed by atoms with Crippen LogP contribution in [0, 0.1) is 0 Å². The topological polar surface area (TPSA) is 84.4 Å². The molecule has 0 saturated carbocycles. The van der Waals surface area contributed by atoms with Crippen LogP contribution in [0.1, 0.15) is 5.56 Å². The third kappa shape index (κ3) is 3.00. The second kappa shape index (κ2) is 7.30. The summed E-state index contributed by atoms with van der Waals surface area (Å²) < 4.78 is 5.23. The number of hydrogen-bond acceptors (Lipinski definition) is 6. The molecule has 0 spiro atoms. The van der Waals surface area contributed by atoms with E-state index in [1.807, 2.05) is 30.3 Å². The number of carbonyl (C=O) groups is 2. The number of thioether (sulfide) groups is 1. The van der Waals surface area contributed by atoms with E-state index >= 15 is 0 Å². The van der Waals surface area contributed by atoms with Crippen LogP contribution in [0.4, 0.5) is 10.5 Å². The van der Waals surface area contributed by atoms with E-state index in [1.165, 1.54) is 29.1 Å². The molecule has 2 aliphatic rings. The second-order valence-electron chi connectivity index (χ2n) is 6.81. The molecule has 7 nitrogen and oxygen atoms in total. The number of benzene rings is 1. The lowest BCUT2D eigenvalue weighted by Crippen LogP contribution is -2.60. The number of ether oxygens (including phenoxy) is 1. The minimum absolute atomic E-state index is 0.301. The van der Waals surface area contributed by atoms with Gasteiger partial charge < -0.3 is 10.1 Å². The van der Waals surface area contributed by atoms with Crippen molar-refractivity contribution >= 4 is 56.7 Å². The molecule has 1 aromatic carbocycles. The summed E-state index contributed by atoms with van der Waals surface area (Å²) in [5.74, 6) is 0.259. The van der Waals surface area contributed by atoms with Crippen molar-refractivity contribution in [3.05, 3.63) is 65.7 Å². The summed E-state index contributed by atoms with van der Waals surface area (Å²) in [7, 11) is 1.55. The van der Waals surface area contributed by atoms with E-state index in [9.17, 15) is 9.59 Å². The largest absolute Gasteiger partial charge is 0.495 e. The molecular weight excluding hydrogens is 424 g/mol. The zero-order valence-electron chi connectivity index (χ0n) is 15.7. The Hall–Kier alpha value is -3.10. The Kier molecular flexibility index (Phi) is 4.60. The number of nitrogens with one attached hydrogen (secondary N) is 1. The first kappa shape index (κ1) is 18.9. The van der Waals surface area contributed by atoms with Crippen molar-refractivity contribution in [3.63, 3.8) is 0 Å². The number of rotatable bonds is 3. The number of methoxy groups -OCH3 is 1. The number of urea groups is 1. The number of hydrogen-bond donors (Lipinski definition) is 1. The number of pyridine rings is 2. The summed E-state index contributed by atoms with van der Waals surface area (Å²) in [4.78, 5) is 36.5. The van der Waals surface area contributed by atoms with Crippen LogP contribution >= 0.6 is 23.4 Å². The van der Waals surface area contributed by atoms with E-state index in [2.05, 4.69) is 15.3 Å². The molecule has 2 aromatic heterocycles. The summed E-state index contributed by atoms with van der Waals surface area (Å²) in [5.41, 5.74) is 1.13. The van der Waals surface area contributed by atoms with Crippen molar-refractivity contribution in [2.75, 3.05) is 12.0 Å². The van der Waals surface area contributed by atoms with Gasteiger partial charge in [0.05, 0.1) is 31.2 Å². The third-order valence-corrected chi connectivity index (χ3v) is 6.73. The summed E-state index contributed by atoms with van der Waals surface area (Å²) in [6, 6.07) is 8.36. The predicted octanol–water partition coefficient (Wildman–Crippen LogP) is 3.87. The Morgan fingerprint density at radius 3 is 2.87 bits per heavy atom. The standard InChI is InChI=1S/C21H15ClN4O3S/c1-29-12-6-14(19(22)24-9-12)17-7-15-18(30-17)20(27)26(21(28)25-15)16-10-23-8-11-4-2-3-5-13(11)16/h2-10,15,18H,1H3,(H,25,28). The van der Waals surface area contributed by atoms with Gasteiger partial charge in [0.2, 0.25) is 0 Å². The predicted molar refractivity (Wildman–Crippen MR) is 117 cm³/mol. The molecule has 3 aromatic rings. The molecule has 9 heteroatoms. The number of fused-ring (bicyclic) bond motifs is 2. The zero-order valence-corrected chi connectivity index (χ0v) is 17.3. The number of carbonyl (C=O) groups excluding carboxylic acids is 2. The van der Waals surface area contributed by atoms with E-state index in [0.717, 1.165) is 15.7 Å². The van der Waals surface area contributed by atoms with E-state index < -0.39 is 17.3 Å². The van der Waals surface area contributed by atoms with Gasteiger partial charge in [-0.05, 0) is 12.1 Å². The average molecular weight is 439 g/mol. The molecule has 4 heterocycles. The molecular formula is C21H15ClN4O3S. The van der Waals surface area contributed by atoms with E-state index in [1.54, 1.807) is 19.4 Å². The van der Waals surface area contributed by atoms with Gasteiger partial charge in [-0.1, -0.05) is 35.9 Å². The molecule has 1 N–H and O–H groups in total. The first-order chi connectivity index (χ1) is 14.6. The van der Waals surface area contributed by atoms with Crippen LogP contribution in [0.2, 0.25) is 5.15 Å². The smallest absolute Gasteiger partial charge is 0.329 e. The Bertz CT molecular complexity index is 1230. The van der Waals surface area contributed by atoms with Gasteiger partial charge in [-0.2, -0.15) is 0 Å². The maximum absolute atomic E-state index is 13.4. The average Bonchev–Trinajstić information content (AvgIpc) is 3.18. The minimum atomic E-state index is -0.515. The number of halogens is 1. The highest BCUT2D eigenvalue weighted by Crippen LogP contribution is 2.45. The number of aromatic nitrogens is 2. The normalized spacial score (nSPS) is 20.7. The third-order valence-electron chi connectivity index (χ3n) is 5.07. The lowest BCUT2D eigenvalue weighted by molar-refractivity contribution is -0.118. The SMILES string of the molecule is COc1cnc(Cl)c(C2=CC3NC(=O)N(c4cncc5ccccc45)C(=O)C3S2)c1. The quantitative estimate of drug-likeness (QED) is 0.625. The van der Waals surface area contributed by atoms with E-state index in [-0.39, 0.29) is 5.91 Å². The summed E-state index contributed by atoms with van der Waals surface area (Å²) in [5, 5.41) is 4.34. The van der Waals surface area contributed by atoms with Crippen LogP contribution in [0.25, 0.3) is 15.7 Å². The van der Waals surface area contributed by atoms with Crippen molar-refractivity contribution in [2.24, 2.45) is 0 Å². The minimum Gasteiger partial charge on any atom is -0.495 e. The van der Waals surface area contributed by atoms with Crippen LogP contribution < -0.4 is 15.0 Å². The van der Waals surface area contributed by atoms with Crippen LogP contribution in [0.5, 0.6) is 5.75 Å². The first-order valence-corrected chi connectivity index (χ1v) is 10.4. The number of anilines is 1. The fourth-order valence-electron chi connectivity index (χ4n) is 3.63. The van der Waals surface area contributed by atoms with Gasteiger partial charge in [0, 0.05) is 27.4 Å². The lowest BCUT2D eigenvalue weighted by Gasteiger charge is -2.33. The Morgan fingerprint density at radius 1 is 1.20 bits per heavy atom. The Morgan fingerprint density at radius 2 is 2.03 bits per heavy atom. The Labute approximate surface area is 181 Å². The molecule has 5 rings (SSSR count). The number of nitrogens with zero attached hydrogens (tertiary/aromatic N) is 3. The van der Waals surface area contributed by atoms with Gasteiger partial charge in [0.1, 0.15) is 16.2 Å². The summed E-state index contributed by atoms with van der Waals surface area (Å²) >= 11 is 7.62. The van der Waals surface area contributed by atoms with Crippen LogP contribution in [-0.4, -0.2) is 40.3 Å². The molecule has 0 bridgehead atoms. The Balaban J connectivity index is 1.50. The monoisotopic (exact) mass is 438 g/mol. The second-order valence-corrected chi connectivity index (χ2v) is 8.35. The maximum atomic E-state index is 13.4. The van der Waals surface area contributed by atoms with Crippen molar-refractivity contribution < 1.29 is 14.3 Å². The van der Waals surface area contributed by atoms with Gasteiger partial charge in [-0.15, -0.1) is 11.8 Å². The number of amides is 3. The molecule has 2 aliphatic heterocycles. The maximum Gasteiger partial charge on any atom is 0.329 e. The van der Waals surface area contributed by atoms with Crippen molar-refractivity contribution in [1.82, 2.24) is 15.3 Å². The van der Waals surface area contributed by atoms with Crippen molar-refractivity contribution in [2.45, 2.75) is 11.3 Å². The van der Waals surface area contributed by atoms with Crippen LogP contribution in [-0.2, 0) is 4.79 Å². The van der Waals surface area contributed by atoms with Crippen LogP contribution in [0.3, 0.4) is 0 Å². The molecule has 30 heavy (non-hydrogen) atoms. The summed E-state index contributed by atoms with van der Waals surface area (Å²) in [6.45, 7) is 0. The van der Waals surface area contributed by atoms with Gasteiger partial charge in [-0.25, -0.2) is 14.7 Å². The van der Waals surface area contributed by atoms with Gasteiger partial charge >= 0.3 is 6.03 Å².